The Morgan fingerprint density at radius 1 is 1.21 bits per heavy atom. The summed E-state index contributed by atoms with van der Waals surface area (Å²) in [5, 5.41) is 0. The number of aryl methyl sites for hydroxylation is 1. The summed E-state index contributed by atoms with van der Waals surface area (Å²) in [5.74, 6) is 0.742. The molecule has 1 aromatic carbocycles. The number of aliphatic imine (C=N–C) groups is 1. The number of nitrogens with two attached hydrogens (primary N) is 1. The Balaban J connectivity index is 1.60. The Labute approximate surface area is 114 Å². The molecule has 0 amide bonds. The van der Waals surface area contributed by atoms with Crippen molar-refractivity contribution in [3.8, 4) is 0 Å². The molecule has 2 fully saturated rings. The molecule has 102 valence electrons. The zero-order valence-corrected chi connectivity index (χ0v) is 11.5. The third-order valence-electron chi connectivity index (χ3n) is 3.83. The number of rotatable bonds is 2. The van der Waals surface area contributed by atoms with E-state index in [1.807, 2.05) is 0 Å². The highest BCUT2D eigenvalue weighted by Gasteiger charge is 2.23. The third-order valence-corrected chi connectivity index (χ3v) is 3.83. The summed E-state index contributed by atoms with van der Waals surface area (Å²) in [4.78, 5) is 9.16. The maximum Gasteiger partial charge on any atom is 0.191 e. The monoisotopic (exact) mass is 258 g/mol. The number of hydrogen-bond acceptors (Lipinski definition) is 2. The number of guanidine groups is 1. The van der Waals surface area contributed by atoms with Gasteiger partial charge in [-0.3, -0.25) is 0 Å². The van der Waals surface area contributed by atoms with E-state index in [0.29, 0.717) is 6.04 Å². The molecule has 1 aliphatic heterocycles. The molecule has 1 aliphatic carbocycles. The number of benzene rings is 1. The van der Waals surface area contributed by atoms with Crippen LogP contribution in [0.5, 0.6) is 0 Å². The first-order chi connectivity index (χ1) is 9.22. The lowest BCUT2D eigenvalue weighted by Gasteiger charge is -2.36. The molecule has 1 saturated carbocycles. The van der Waals surface area contributed by atoms with E-state index in [0.717, 1.165) is 32.1 Å². The molecule has 4 nitrogen and oxygen atoms in total. The Morgan fingerprint density at radius 2 is 1.95 bits per heavy atom. The number of anilines is 1. The van der Waals surface area contributed by atoms with Gasteiger partial charge >= 0.3 is 0 Å². The van der Waals surface area contributed by atoms with Gasteiger partial charge in [0.1, 0.15) is 0 Å². The quantitative estimate of drug-likeness (QED) is 0.647. The van der Waals surface area contributed by atoms with E-state index in [2.05, 4.69) is 46.0 Å². The minimum atomic E-state index is 0.509. The Bertz CT molecular complexity index is 471. The molecule has 2 aliphatic rings. The van der Waals surface area contributed by atoms with Crippen molar-refractivity contribution in [1.29, 1.82) is 0 Å². The molecule has 2 N–H and O–H groups in total. The van der Waals surface area contributed by atoms with Gasteiger partial charge in [-0.1, -0.05) is 12.1 Å². The highest BCUT2D eigenvalue weighted by atomic mass is 15.3. The second kappa shape index (κ2) is 5.11. The van der Waals surface area contributed by atoms with Crippen molar-refractivity contribution in [2.24, 2.45) is 10.7 Å². The third kappa shape index (κ3) is 3.00. The summed E-state index contributed by atoms with van der Waals surface area (Å²) >= 11 is 0. The van der Waals surface area contributed by atoms with Crippen LogP contribution in [0, 0.1) is 6.92 Å². The van der Waals surface area contributed by atoms with Gasteiger partial charge in [0.15, 0.2) is 5.96 Å². The van der Waals surface area contributed by atoms with Gasteiger partial charge in [0, 0.05) is 31.9 Å². The normalized spacial score (nSPS) is 20.8. The maximum atomic E-state index is 6.06. The summed E-state index contributed by atoms with van der Waals surface area (Å²) in [6, 6.07) is 9.21. The zero-order valence-electron chi connectivity index (χ0n) is 11.5. The zero-order chi connectivity index (χ0) is 13.2. The van der Waals surface area contributed by atoms with E-state index >= 15 is 0 Å². The van der Waals surface area contributed by atoms with E-state index in [1.54, 1.807) is 0 Å². The Morgan fingerprint density at radius 3 is 2.58 bits per heavy atom. The highest BCUT2D eigenvalue weighted by molar-refractivity contribution is 5.78. The first-order valence-corrected chi connectivity index (χ1v) is 7.12. The van der Waals surface area contributed by atoms with Crippen LogP contribution in [0.15, 0.2) is 29.3 Å². The number of nitrogens with zero attached hydrogens (tertiary/aromatic N) is 3. The van der Waals surface area contributed by atoms with Gasteiger partial charge in [0.2, 0.25) is 0 Å². The molecular weight excluding hydrogens is 236 g/mol. The van der Waals surface area contributed by atoms with Crippen LogP contribution >= 0.6 is 0 Å². The van der Waals surface area contributed by atoms with Gasteiger partial charge in [-0.05, 0) is 37.5 Å². The number of piperazine rings is 1. The first-order valence-electron chi connectivity index (χ1n) is 7.12. The first kappa shape index (κ1) is 12.3. The van der Waals surface area contributed by atoms with Crippen LogP contribution in [0.2, 0.25) is 0 Å². The van der Waals surface area contributed by atoms with Crippen molar-refractivity contribution >= 4 is 11.6 Å². The van der Waals surface area contributed by atoms with Crippen molar-refractivity contribution < 1.29 is 0 Å². The molecule has 3 rings (SSSR count). The van der Waals surface area contributed by atoms with E-state index < -0.39 is 0 Å². The second-order valence-electron chi connectivity index (χ2n) is 5.53. The largest absolute Gasteiger partial charge is 0.370 e. The lowest BCUT2D eigenvalue weighted by atomic mass is 10.2. The van der Waals surface area contributed by atoms with Crippen molar-refractivity contribution in [3.05, 3.63) is 29.8 Å². The summed E-state index contributed by atoms with van der Waals surface area (Å²) < 4.78 is 0. The van der Waals surface area contributed by atoms with Gasteiger partial charge in [-0.15, -0.1) is 0 Å². The molecule has 1 heterocycles. The number of hydrogen-bond donors (Lipinski definition) is 1. The van der Waals surface area contributed by atoms with Crippen LogP contribution in [0.3, 0.4) is 0 Å². The SMILES string of the molecule is Cc1cccc(N2CCN(C(N)=NC3CC3)CC2)c1. The van der Waals surface area contributed by atoms with Crippen molar-refractivity contribution in [1.82, 2.24) is 4.90 Å². The van der Waals surface area contributed by atoms with Crippen molar-refractivity contribution in [3.63, 3.8) is 0 Å². The fourth-order valence-corrected chi connectivity index (χ4v) is 2.49. The van der Waals surface area contributed by atoms with Crippen LogP contribution in [-0.4, -0.2) is 43.1 Å². The smallest absolute Gasteiger partial charge is 0.191 e. The average molecular weight is 258 g/mol. The van der Waals surface area contributed by atoms with Gasteiger partial charge < -0.3 is 15.5 Å². The predicted molar refractivity (Wildman–Crippen MR) is 79.6 cm³/mol. The van der Waals surface area contributed by atoms with Crippen LogP contribution < -0.4 is 10.6 Å². The maximum absolute atomic E-state index is 6.06. The van der Waals surface area contributed by atoms with Gasteiger partial charge in [0.25, 0.3) is 0 Å². The molecule has 0 bridgehead atoms. The summed E-state index contributed by atoms with van der Waals surface area (Å²) in [5.41, 5.74) is 8.69. The molecule has 4 heteroatoms. The summed E-state index contributed by atoms with van der Waals surface area (Å²) in [6.45, 7) is 6.11. The minimum absolute atomic E-state index is 0.509. The van der Waals surface area contributed by atoms with Crippen molar-refractivity contribution in [2.75, 3.05) is 31.1 Å². The molecule has 0 radical (unpaired) electrons. The predicted octanol–water partition coefficient (Wildman–Crippen LogP) is 1.59. The molecule has 0 aromatic heterocycles. The molecule has 0 unspecified atom stereocenters. The van der Waals surface area contributed by atoms with Gasteiger partial charge in [-0.25, -0.2) is 4.99 Å². The van der Waals surface area contributed by atoms with Gasteiger partial charge in [-0.2, -0.15) is 0 Å². The van der Waals surface area contributed by atoms with Crippen molar-refractivity contribution in [2.45, 2.75) is 25.8 Å². The lowest BCUT2D eigenvalue weighted by Crippen LogP contribution is -2.51. The standard InChI is InChI=1S/C15H22N4/c1-12-3-2-4-14(11-12)18-7-9-19(10-8-18)15(16)17-13-5-6-13/h2-4,11,13H,5-10H2,1H3,(H2,16,17). The molecular formula is C15H22N4. The van der Waals surface area contributed by atoms with Gasteiger partial charge in [0.05, 0.1) is 6.04 Å². The molecule has 0 spiro atoms. The molecule has 1 saturated heterocycles. The summed E-state index contributed by atoms with van der Waals surface area (Å²) in [6.07, 6.45) is 2.42. The van der Waals surface area contributed by atoms with Crippen LogP contribution in [-0.2, 0) is 0 Å². The van der Waals surface area contributed by atoms with Crippen LogP contribution in [0.4, 0.5) is 5.69 Å². The van der Waals surface area contributed by atoms with E-state index in [9.17, 15) is 0 Å². The topological polar surface area (TPSA) is 44.9 Å². The van der Waals surface area contributed by atoms with E-state index in [1.165, 1.54) is 24.1 Å². The molecule has 0 atom stereocenters. The average Bonchev–Trinajstić information content (AvgIpc) is 3.23. The fraction of sp³-hybridized carbons (Fsp3) is 0.533. The highest BCUT2D eigenvalue weighted by Crippen LogP contribution is 2.24. The minimum Gasteiger partial charge on any atom is -0.370 e. The molecule has 1 aromatic rings. The van der Waals surface area contributed by atoms with E-state index in [-0.39, 0.29) is 0 Å². The van der Waals surface area contributed by atoms with Crippen LogP contribution in [0.1, 0.15) is 18.4 Å². The van der Waals surface area contributed by atoms with E-state index in [4.69, 9.17) is 5.73 Å². The molecule has 19 heavy (non-hydrogen) atoms. The Kier molecular flexibility index (Phi) is 3.32. The summed E-state index contributed by atoms with van der Waals surface area (Å²) in [7, 11) is 0. The fourth-order valence-electron chi connectivity index (χ4n) is 2.49. The lowest BCUT2D eigenvalue weighted by molar-refractivity contribution is 0.380. The second-order valence-corrected chi connectivity index (χ2v) is 5.53. The Hall–Kier alpha value is -1.71. The van der Waals surface area contributed by atoms with Crippen LogP contribution in [0.25, 0.3) is 0 Å².